The van der Waals surface area contributed by atoms with Gasteiger partial charge in [-0.05, 0) is 49.1 Å². The lowest BCUT2D eigenvalue weighted by Gasteiger charge is -2.45. The van der Waals surface area contributed by atoms with E-state index in [2.05, 4.69) is 15.5 Å². The van der Waals surface area contributed by atoms with Gasteiger partial charge >= 0.3 is 0 Å². The topological polar surface area (TPSA) is 63.6 Å². The molecule has 4 rings (SSSR count). The highest BCUT2D eigenvalue weighted by Gasteiger charge is 2.41. The van der Waals surface area contributed by atoms with Gasteiger partial charge in [-0.1, -0.05) is 43.7 Å². The van der Waals surface area contributed by atoms with Crippen LogP contribution in [-0.4, -0.2) is 29.3 Å². The van der Waals surface area contributed by atoms with Crippen molar-refractivity contribution >= 4 is 11.6 Å². The molecule has 2 heterocycles. The van der Waals surface area contributed by atoms with Gasteiger partial charge in [0.05, 0.1) is 5.71 Å². The molecule has 2 saturated carbocycles. The highest BCUT2D eigenvalue weighted by molar-refractivity contribution is 6.03. The first-order valence-corrected chi connectivity index (χ1v) is 10.7. The summed E-state index contributed by atoms with van der Waals surface area (Å²) in [6.45, 7) is 0.804. The number of amides is 1. The molecule has 0 radical (unpaired) electrons. The number of hydrogen-bond acceptors (Lipinski definition) is 4. The predicted octanol–water partition coefficient (Wildman–Crippen LogP) is 4.22. The van der Waals surface area contributed by atoms with Gasteiger partial charge in [0.15, 0.2) is 0 Å². The highest BCUT2D eigenvalue weighted by Crippen LogP contribution is 2.47. The van der Waals surface area contributed by atoms with Crippen LogP contribution in [0.3, 0.4) is 0 Å². The summed E-state index contributed by atoms with van der Waals surface area (Å²) in [7, 11) is 0. The maximum atomic E-state index is 12.8. The molecule has 3 aliphatic rings. The maximum Gasteiger partial charge on any atom is 0.264 e. The Morgan fingerprint density at radius 2 is 1.93 bits per heavy atom. The van der Waals surface area contributed by atoms with Crippen molar-refractivity contribution < 1.29 is 9.63 Å². The zero-order chi connectivity index (χ0) is 18.5. The molecule has 2 fully saturated rings. The molecule has 1 N–H and O–H groups in total. The molecule has 1 aromatic rings. The van der Waals surface area contributed by atoms with Crippen LogP contribution < -0.4 is 5.32 Å². The molecular formula is C22H31N3O2. The number of nitrogens with one attached hydrogen (secondary N) is 1. The van der Waals surface area contributed by atoms with E-state index in [0.717, 1.165) is 23.7 Å². The molecule has 5 heteroatoms. The van der Waals surface area contributed by atoms with Crippen LogP contribution >= 0.6 is 0 Å². The summed E-state index contributed by atoms with van der Waals surface area (Å²) in [5.41, 5.74) is 2.04. The molecule has 27 heavy (non-hydrogen) atoms. The summed E-state index contributed by atoms with van der Waals surface area (Å²) in [4.78, 5) is 22.3. The molecule has 5 nitrogen and oxygen atoms in total. The quantitative estimate of drug-likeness (QED) is 0.845. The van der Waals surface area contributed by atoms with Crippen molar-refractivity contribution in [3.63, 3.8) is 0 Å². The van der Waals surface area contributed by atoms with E-state index in [0.29, 0.717) is 11.8 Å². The van der Waals surface area contributed by atoms with E-state index < -0.39 is 6.10 Å². The van der Waals surface area contributed by atoms with Crippen molar-refractivity contribution in [3.8, 4) is 0 Å². The molecule has 1 unspecified atom stereocenters. The summed E-state index contributed by atoms with van der Waals surface area (Å²) in [5.74, 6) is 0.761. The Morgan fingerprint density at radius 3 is 2.67 bits per heavy atom. The van der Waals surface area contributed by atoms with Crippen molar-refractivity contribution in [2.75, 3.05) is 6.54 Å². The molecule has 2 aliphatic carbocycles. The Kier molecular flexibility index (Phi) is 5.74. The maximum absolute atomic E-state index is 12.8. The van der Waals surface area contributed by atoms with E-state index in [-0.39, 0.29) is 5.91 Å². The van der Waals surface area contributed by atoms with Gasteiger partial charge < -0.3 is 10.2 Å². The molecular weight excluding hydrogens is 338 g/mol. The molecule has 1 aliphatic heterocycles. The molecule has 1 aromatic heterocycles. The fourth-order valence-electron chi connectivity index (χ4n) is 5.30. The highest BCUT2D eigenvalue weighted by atomic mass is 16.6. The standard InChI is InChI=1S/C22H31N3O2/c26-21(20-14-19(25-27-20)17-8-7-13-23-15-17)24-16-22(11-5-2-6-12-22)18-9-3-1-4-10-18/h7-8,13,15,18,20H,1-6,9-12,14,16H2,(H,24,26). The van der Waals surface area contributed by atoms with E-state index in [1.165, 1.54) is 64.2 Å². The number of carbonyl (C=O) groups excluding carboxylic acids is 1. The molecule has 1 atom stereocenters. The van der Waals surface area contributed by atoms with Crippen LogP contribution in [0.4, 0.5) is 0 Å². The van der Waals surface area contributed by atoms with Gasteiger partial charge in [-0.15, -0.1) is 0 Å². The van der Waals surface area contributed by atoms with Crippen LogP contribution in [0.15, 0.2) is 29.7 Å². The second-order valence-corrected chi connectivity index (χ2v) is 8.55. The second-order valence-electron chi connectivity index (χ2n) is 8.55. The average Bonchev–Trinajstić information content (AvgIpc) is 3.24. The number of rotatable bonds is 5. The Labute approximate surface area is 162 Å². The lowest BCUT2D eigenvalue weighted by molar-refractivity contribution is -0.132. The molecule has 0 spiro atoms. The zero-order valence-corrected chi connectivity index (χ0v) is 16.2. The number of oxime groups is 1. The summed E-state index contributed by atoms with van der Waals surface area (Å²) in [6.07, 6.45) is 16.8. The van der Waals surface area contributed by atoms with Gasteiger partial charge in [-0.3, -0.25) is 9.78 Å². The Balaban J connectivity index is 1.35. The van der Waals surface area contributed by atoms with Crippen LogP contribution in [0.2, 0.25) is 0 Å². The number of aromatic nitrogens is 1. The largest absolute Gasteiger partial charge is 0.382 e. The first kappa shape index (κ1) is 18.5. The summed E-state index contributed by atoms with van der Waals surface area (Å²) in [5, 5.41) is 7.38. The van der Waals surface area contributed by atoms with Crippen molar-refractivity contribution in [1.82, 2.24) is 10.3 Å². The fourth-order valence-corrected chi connectivity index (χ4v) is 5.30. The van der Waals surface area contributed by atoms with Gasteiger partial charge in [0.1, 0.15) is 0 Å². The fraction of sp³-hybridized carbons (Fsp3) is 0.682. The minimum Gasteiger partial charge on any atom is -0.382 e. The van der Waals surface area contributed by atoms with E-state index in [4.69, 9.17) is 4.84 Å². The van der Waals surface area contributed by atoms with Crippen molar-refractivity contribution in [1.29, 1.82) is 0 Å². The van der Waals surface area contributed by atoms with Crippen molar-refractivity contribution in [2.45, 2.75) is 76.7 Å². The monoisotopic (exact) mass is 369 g/mol. The van der Waals surface area contributed by atoms with E-state index >= 15 is 0 Å². The van der Waals surface area contributed by atoms with E-state index in [1.54, 1.807) is 12.4 Å². The lowest BCUT2D eigenvalue weighted by Crippen LogP contribution is -2.47. The molecule has 0 saturated heterocycles. The smallest absolute Gasteiger partial charge is 0.264 e. The Bertz CT molecular complexity index is 661. The van der Waals surface area contributed by atoms with Gasteiger partial charge in [0.25, 0.3) is 5.91 Å². The predicted molar refractivity (Wildman–Crippen MR) is 105 cm³/mol. The first-order chi connectivity index (χ1) is 13.3. The minimum absolute atomic E-state index is 0.0154. The van der Waals surface area contributed by atoms with Crippen LogP contribution in [0.5, 0.6) is 0 Å². The Morgan fingerprint density at radius 1 is 1.15 bits per heavy atom. The van der Waals surface area contributed by atoms with Gasteiger partial charge in [0.2, 0.25) is 6.10 Å². The van der Waals surface area contributed by atoms with Crippen LogP contribution in [0, 0.1) is 11.3 Å². The van der Waals surface area contributed by atoms with Crippen molar-refractivity contribution in [3.05, 3.63) is 30.1 Å². The van der Waals surface area contributed by atoms with Crippen LogP contribution in [0.1, 0.15) is 76.2 Å². The average molecular weight is 370 g/mol. The number of nitrogens with zero attached hydrogens (tertiary/aromatic N) is 2. The normalized spacial score (nSPS) is 25.5. The molecule has 1 amide bonds. The second kappa shape index (κ2) is 8.41. The van der Waals surface area contributed by atoms with E-state index in [9.17, 15) is 4.79 Å². The molecule has 0 bridgehead atoms. The van der Waals surface area contributed by atoms with E-state index in [1.807, 2.05) is 12.1 Å². The number of hydrogen-bond donors (Lipinski definition) is 1. The Hall–Kier alpha value is -1.91. The lowest BCUT2D eigenvalue weighted by atomic mass is 9.61. The zero-order valence-electron chi connectivity index (χ0n) is 16.2. The number of pyridine rings is 1. The summed E-state index contributed by atoms with van der Waals surface area (Å²) < 4.78 is 0. The first-order valence-electron chi connectivity index (χ1n) is 10.7. The van der Waals surface area contributed by atoms with Gasteiger partial charge in [0, 0.05) is 30.9 Å². The van der Waals surface area contributed by atoms with Crippen LogP contribution in [-0.2, 0) is 9.63 Å². The minimum atomic E-state index is -0.507. The third-order valence-corrected chi connectivity index (χ3v) is 6.89. The van der Waals surface area contributed by atoms with Gasteiger partial charge in [-0.25, -0.2) is 0 Å². The number of carbonyl (C=O) groups is 1. The van der Waals surface area contributed by atoms with Gasteiger partial charge in [-0.2, -0.15) is 0 Å². The molecule has 146 valence electrons. The summed E-state index contributed by atoms with van der Waals surface area (Å²) in [6, 6.07) is 3.83. The molecule has 0 aromatic carbocycles. The third kappa shape index (κ3) is 4.17. The summed E-state index contributed by atoms with van der Waals surface area (Å²) >= 11 is 0. The SMILES string of the molecule is O=C(NCC1(C2CCCCC2)CCCCC1)C1CC(c2cccnc2)=NO1. The van der Waals surface area contributed by atoms with Crippen molar-refractivity contribution in [2.24, 2.45) is 16.5 Å². The third-order valence-electron chi connectivity index (χ3n) is 6.89. The van der Waals surface area contributed by atoms with Crippen LogP contribution in [0.25, 0.3) is 0 Å².